The molecular formula is C17H27ClN2. The molecule has 0 unspecified atom stereocenters. The van der Waals surface area contributed by atoms with Gasteiger partial charge in [0, 0.05) is 18.1 Å². The molecule has 0 aliphatic carbocycles. The molecule has 0 amide bonds. The van der Waals surface area contributed by atoms with Crippen LogP contribution >= 0.6 is 11.6 Å². The van der Waals surface area contributed by atoms with Crippen molar-refractivity contribution in [2.24, 2.45) is 11.1 Å². The Labute approximate surface area is 128 Å². The molecule has 2 N–H and O–H groups in total. The normalized spacial score (nSPS) is 19.2. The molecular weight excluding hydrogens is 268 g/mol. The van der Waals surface area contributed by atoms with Gasteiger partial charge in [-0.25, -0.2) is 0 Å². The van der Waals surface area contributed by atoms with E-state index >= 15 is 0 Å². The van der Waals surface area contributed by atoms with Gasteiger partial charge in [-0.2, -0.15) is 0 Å². The third-order valence-electron chi connectivity index (χ3n) is 5.16. The summed E-state index contributed by atoms with van der Waals surface area (Å²) in [6.07, 6.45) is 5.25. The zero-order chi connectivity index (χ0) is 14.6. The summed E-state index contributed by atoms with van der Waals surface area (Å²) in [6, 6.07) is 6.22. The summed E-state index contributed by atoms with van der Waals surface area (Å²) in [7, 11) is 0. The van der Waals surface area contributed by atoms with Gasteiger partial charge in [-0.05, 0) is 48.5 Å². The van der Waals surface area contributed by atoms with Crippen LogP contribution in [-0.2, 0) is 13.1 Å². The van der Waals surface area contributed by atoms with Crippen LogP contribution in [0.15, 0.2) is 18.2 Å². The van der Waals surface area contributed by atoms with Crippen LogP contribution in [0.1, 0.15) is 50.7 Å². The van der Waals surface area contributed by atoms with Gasteiger partial charge in [0.2, 0.25) is 0 Å². The Morgan fingerprint density at radius 1 is 1.20 bits per heavy atom. The minimum absolute atomic E-state index is 0.555. The number of rotatable bonds is 5. The molecule has 112 valence electrons. The topological polar surface area (TPSA) is 29.3 Å². The van der Waals surface area contributed by atoms with Gasteiger partial charge in [-0.3, -0.25) is 4.90 Å². The second kappa shape index (κ2) is 6.93. The molecule has 3 heteroatoms. The summed E-state index contributed by atoms with van der Waals surface area (Å²) in [5.41, 5.74) is 8.56. The van der Waals surface area contributed by atoms with Crippen molar-refractivity contribution >= 4 is 11.6 Å². The van der Waals surface area contributed by atoms with Crippen molar-refractivity contribution < 1.29 is 0 Å². The minimum Gasteiger partial charge on any atom is -0.326 e. The van der Waals surface area contributed by atoms with Gasteiger partial charge in [-0.1, -0.05) is 50.4 Å². The number of piperidine rings is 1. The first kappa shape index (κ1) is 15.8. The lowest BCUT2D eigenvalue weighted by Crippen LogP contribution is -2.39. The lowest BCUT2D eigenvalue weighted by Gasteiger charge is -2.41. The van der Waals surface area contributed by atoms with Crippen molar-refractivity contribution in [3.05, 3.63) is 34.3 Å². The summed E-state index contributed by atoms with van der Waals surface area (Å²) >= 11 is 6.36. The van der Waals surface area contributed by atoms with E-state index in [1.165, 1.54) is 44.3 Å². The summed E-state index contributed by atoms with van der Waals surface area (Å²) < 4.78 is 0. The van der Waals surface area contributed by atoms with E-state index < -0.39 is 0 Å². The molecule has 1 aliphatic rings. The van der Waals surface area contributed by atoms with Crippen molar-refractivity contribution in [1.29, 1.82) is 0 Å². The van der Waals surface area contributed by atoms with E-state index in [2.05, 4.69) is 30.9 Å². The lowest BCUT2D eigenvalue weighted by atomic mass is 9.74. The number of hydrogen-bond donors (Lipinski definition) is 1. The van der Waals surface area contributed by atoms with Crippen LogP contribution in [0.2, 0.25) is 5.02 Å². The van der Waals surface area contributed by atoms with Crippen molar-refractivity contribution in [3.63, 3.8) is 0 Å². The Morgan fingerprint density at radius 2 is 1.85 bits per heavy atom. The van der Waals surface area contributed by atoms with Gasteiger partial charge >= 0.3 is 0 Å². The average molecular weight is 295 g/mol. The molecule has 0 atom stereocenters. The van der Waals surface area contributed by atoms with Crippen molar-refractivity contribution in [3.8, 4) is 0 Å². The zero-order valence-electron chi connectivity index (χ0n) is 12.8. The molecule has 0 radical (unpaired) electrons. The molecule has 1 aromatic rings. The Balaban J connectivity index is 1.96. The molecule has 1 fully saturated rings. The highest BCUT2D eigenvalue weighted by Crippen LogP contribution is 2.38. The summed E-state index contributed by atoms with van der Waals surface area (Å²) in [5.74, 6) is 0. The number of hydrogen-bond acceptors (Lipinski definition) is 2. The highest BCUT2D eigenvalue weighted by atomic mass is 35.5. The van der Waals surface area contributed by atoms with Gasteiger partial charge < -0.3 is 5.73 Å². The number of nitrogens with two attached hydrogens (primary N) is 1. The van der Waals surface area contributed by atoms with E-state index in [1.54, 1.807) is 0 Å². The lowest BCUT2D eigenvalue weighted by molar-refractivity contribution is 0.0909. The van der Waals surface area contributed by atoms with E-state index in [-0.39, 0.29) is 0 Å². The third-order valence-corrected chi connectivity index (χ3v) is 5.52. The number of halogens is 1. The first-order valence-corrected chi connectivity index (χ1v) is 8.20. The van der Waals surface area contributed by atoms with Gasteiger partial charge in [0.1, 0.15) is 0 Å². The second-order valence-electron chi connectivity index (χ2n) is 6.11. The van der Waals surface area contributed by atoms with Crippen molar-refractivity contribution in [2.45, 2.75) is 52.6 Å². The minimum atomic E-state index is 0.555. The molecule has 0 bridgehead atoms. The van der Waals surface area contributed by atoms with Crippen LogP contribution in [0, 0.1) is 5.41 Å². The molecule has 0 saturated carbocycles. The predicted molar refractivity (Wildman–Crippen MR) is 86.9 cm³/mol. The number of benzene rings is 1. The molecule has 2 nitrogen and oxygen atoms in total. The largest absolute Gasteiger partial charge is 0.326 e. The second-order valence-corrected chi connectivity index (χ2v) is 6.52. The predicted octanol–water partition coefficient (Wildman–Crippen LogP) is 4.20. The molecule has 1 saturated heterocycles. The Kier molecular flexibility index (Phi) is 5.48. The monoisotopic (exact) mass is 294 g/mol. The number of likely N-dealkylation sites (tertiary alicyclic amines) is 1. The molecule has 1 aliphatic heterocycles. The fraction of sp³-hybridized carbons (Fsp3) is 0.647. The van der Waals surface area contributed by atoms with Gasteiger partial charge in [0.05, 0.1) is 0 Å². The zero-order valence-corrected chi connectivity index (χ0v) is 13.5. The molecule has 1 aromatic carbocycles. The Hall–Kier alpha value is -0.570. The van der Waals surface area contributed by atoms with Crippen molar-refractivity contribution in [1.82, 2.24) is 4.90 Å². The Bertz CT molecular complexity index is 431. The molecule has 2 rings (SSSR count). The van der Waals surface area contributed by atoms with Crippen LogP contribution in [0.5, 0.6) is 0 Å². The molecule has 20 heavy (non-hydrogen) atoms. The maximum Gasteiger partial charge on any atom is 0.0454 e. The Morgan fingerprint density at radius 3 is 2.35 bits per heavy atom. The van der Waals surface area contributed by atoms with E-state index in [9.17, 15) is 0 Å². The third kappa shape index (κ3) is 3.55. The smallest absolute Gasteiger partial charge is 0.0454 e. The van der Waals surface area contributed by atoms with E-state index in [0.717, 1.165) is 17.1 Å². The fourth-order valence-electron chi connectivity index (χ4n) is 3.23. The number of nitrogens with zero attached hydrogens (tertiary/aromatic N) is 1. The van der Waals surface area contributed by atoms with E-state index in [4.69, 9.17) is 17.3 Å². The molecule has 0 spiro atoms. The van der Waals surface area contributed by atoms with Crippen LogP contribution in [-0.4, -0.2) is 18.0 Å². The van der Waals surface area contributed by atoms with Crippen molar-refractivity contribution in [2.75, 3.05) is 13.1 Å². The fourth-order valence-corrected chi connectivity index (χ4v) is 3.49. The van der Waals surface area contributed by atoms with Crippen LogP contribution in [0.4, 0.5) is 0 Å². The average Bonchev–Trinajstić information content (AvgIpc) is 2.50. The van der Waals surface area contributed by atoms with E-state index in [0.29, 0.717) is 12.0 Å². The summed E-state index contributed by atoms with van der Waals surface area (Å²) in [4.78, 5) is 2.53. The first-order valence-electron chi connectivity index (χ1n) is 7.82. The van der Waals surface area contributed by atoms with Gasteiger partial charge in [0.15, 0.2) is 0 Å². The van der Waals surface area contributed by atoms with E-state index in [1.807, 2.05) is 6.07 Å². The maximum absolute atomic E-state index is 6.36. The van der Waals surface area contributed by atoms with Crippen LogP contribution in [0.25, 0.3) is 0 Å². The summed E-state index contributed by atoms with van der Waals surface area (Å²) in [6.45, 7) is 8.57. The first-order chi connectivity index (χ1) is 9.62. The van der Waals surface area contributed by atoms with Gasteiger partial charge in [-0.15, -0.1) is 0 Å². The quantitative estimate of drug-likeness (QED) is 0.882. The molecule has 0 aromatic heterocycles. The highest BCUT2D eigenvalue weighted by Gasteiger charge is 2.31. The van der Waals surface area contributed by atoms with Crippen LogP contribution in [0.3, 0.4) is 0 Å². The highest BCUT2D eigenvalue weighted by molar-refractivity contribution is 6.31. The SMILES string of the molecule is CCC1(CC)CCN(Cc2ccc(CN)cc2Cl)CC1. The summed E-state index contributed by atoms with van der Waals surface area (Å²) in [5, 5.41) is 0.857. The maximum atomic E-state index is 6.36. The van der Waals surface area contributed by atoms with Crippen LogP contribution < -0.4 is 5.73 Å². The molecule has 1 heterocycles. The standard InChI is InChI=1S/C17H27ClN2/c1-3-17(4-2)7-9-20(10-8-17)13-15-6-5-14(12-19)11-16(15)18/h5-6,11H,3-4,7-10,12-13,19H2,1-2H3. The van der Waals surface area contributed by atoms with Gasteiger partial charge in [0.25, 0.3) is 0 Å².